The normalized spacial score (nSPS) is 21.5. The molecule has 0 aromatic carbocycles. The lowest BCUT2D eigenvalue weighted by Gasteiger charge is -2.35. The molecule has 1 fully saturated rings. The van der Waals surface area contributed by atoms with Gasteiger partial charge in [-0.1, -0.05) is 13.8 Å². The van der Waals surface area contributed by atoms with E-state index in [1.165, 1.54) is 11.3 Å². The number of carboxylic acids is 1. The third kappa shape index (κ3) is 2.63. The van der Waals surface area contributed by atoms with E-state index in [0.717, 1.165) is 5.01 Å². The molecule has 19 heavy (non-hydrogen) atoms. The Hall–Kier alpha value is -1.04. The van der Waals surface area contributed by atoms with Crippen LogP contribution in [0.25, 0.3) is 0 Å². The molecule has 0 amide bonds. The van der Waals surface area contributed by atoms with Crippen molar-refractivity contribution in [3.8, 4) is 0 Å². The minimum atomic E-state index is -2.74. The number of thiazole rings is 1. The first-order valence-corrected chi connectivity index (χ1v) is 7.22. The zero-order valence-electron chi connectivity index (χ0n) is 10.9. The zero-order valence-corrected chi connectivity index (χ0v) is 11.8. The Morgan fingerprint density at radius 1 is 1.37 bits per heavy atom. The zero-order chi connectivity index (χ0) is 14.3. The molecule has 0 radical (unpaired) electrons. The third-order valence-corrected chi connectivity index (χ3v) is 4.90. The fraction of sp³-hybridized carbons (Fsp3) is 0.692. The number of alkyl halides is 2. The second-order valence-corrected chi connectivity index (χ2v) is 6.36. The topological polar surface area (TPSA) is 50.2 Å². The van der Waals surface area contributed by atoms with E-state index in [2.05, 4.69) is 4.98 Å². The first kappa shape index (κ1) is 14.4. The summed E-state index contributed by atoms with van der Waals surface area (Å²) in [6.07, 6.45) is -0.852. The van der Waals surface area contributed by atoms with Gasteiger partial charge in [-0.25, -0.2) is 13.8 Å². The largest absolute Gasteiger partial charge is 0.481 e. The number of halogens is 2. The van der Waals surface area contributed by atoms with Crippen molar-refractivity contribution < 1.29 is 18.7 Å². The van der Waals surface area contributed by atoms with Gasteiger partial charge in [0.2, 0.25) is 5.92 Å². The minimum absolute atomic E-state index is 0.0450. The van der Waals surface area contributed by atoms with Crippen molar-refractivity contribution in [3.05, 3.63) is 16.1 Å². The van der Waals surface area contributed by atoms with E-state index >= 15 is 0 Å². The summed E-state index contributed by atoms with van der Waals surface area (Å²) in [5.41, 5.74) is -0.782. The Labute approximate surface area is 114 Å². The summed E-state index contributed by atoms with van der Waals surface area (Å²) in [6, 6.07) is 0. The van der Waals surface area contributed by atoms with Crippen LogP contribution in [0.5, 0.6) is 0 Å². The molecule has 1 heterocycles. The van der Waals surface area contributed by atoms with Crippen LogP contribution in [0.4, 0.5) is 8.78 Å². The van der Waals surface area contributed by atoms with E-state index < -0.39 is 17.3 Å². The Balaban J connectivity index is 2.32. The lowest BCUT2D eigenvalue weighted by atomic mass is 9.71. The van der Waals surface area contributed by atoms with Crippen molar-refractivity contribution in [2.75, 3.05) is 0 Å². The van der Waals surface area contributed by atoms with Crippen LogP contribution in [0.1, 0.15) is 56.2 Å². The Morgan fingerprint density at radius 2 is 1.95 bits per heavy atom. The Morgan fingerprint density at radius 3 is 2.37 bits per heavy atom. The molecular weight excluding hydrogens is 272 g/mol. The number of aromatic nitrogens is 1. The summed E-state index contributed by atoms with van der Waals surface area (Å²) >= 11 is 1.41. The molecule has 1 aliphatic carbocycles. The van der Waals surface area contributed by atoms with Crippen molar-refractivity contribution in [1.82, 2.24) is 4.98 Å². The van der Waals surface area contributed by atoms with Gasteiger partial charge in [0.1, 0.15) is 5.41 Å². The van der Waals surface area contributed by atoms with Gasteiger partial charge in [-0.3, -0.25) is 4.79 Å². The molecule has 1 aromatic heterocycles. The summed E-state index contributed by atoms with van der Waals surface area (Å²) < 4.78 is 26.5. The molecule has 1 N–H and O–H groups in total. The fourth-order valence-electron chi connectivity index (χ4n) is 2.39. The van der Waals surface area contributed by atoms with Gasteiger partial charge in [0, 0.05) is 24.1 Å². The molecule has 0 unspecified atom stereocenters. The fourth-order valence-corrected chi connectivity index (χ4v) is 3.33. The van der Waals surface area contributed by atoms with Crippen LogP contribution in [0.3, 0.4) is 0 Å². The van der Waals surface area contributed by atoms with Gasteiger partial charge in [-0.2, -0.15) is 0 Å². The lowest BCUT2D eigenvalue weighted by Crippen LogP contribution is -2.43. The van der Waals surface area contributed by atoms with E-state index in [1.807, 2.05) is 13.8 Å². The molecule has 0 bridgehead atoms. The molecular formula is C13H17F2NO2S. The van der Waals surface area contributed by atoms with Gasteiger partial charge >= 0.3 is 5.97 Å². The van der Waals surface area contributed by atoms with Crippen molar-refractivity contribution in [1.29, 1.82) is 0 Å². The van der Waals surface area contributed by atoms with E-state index in [9.17, 15) is 18.7 Å². The van der Waals surface area contributed by atoms with Crippen LogP contribution < -0.4 is 0 Å². The van der Waals surface area contributed by atoms with Gasteiger partial charge in [-0.05, 0) is 12.8 Å². The summed E-state index contributed by atoms with van der Waals surface area (Å²) in [5.74, 6) is -3.56. The van der Waals surface area contributed by atoms with Crippen LogP contribution in [0.15, 0.2) is 5.38 Å². The monoisotopic (exact) mass is 289 g/mol. The second kappa shape index (κ2) is 4.81. The van der Waals surface area contributed by atoms with Gasteiger partial charge in [0.05, 0.1) is 10.7 Å². The molecule has 6 heteroatoms. The number of nitrogens with zero attached hydrogens (tertiary/aromatic N) is 1. The van der Waals surface area contributed by atoms with Crippen LogP contribution in [0.2, 0.25) is 0 Å². The number of hydrogen-bond donors (Lipinski definition) is 1. The number of carboxylic acid groups (broad SMARTS) is 1. The second-order valence-electron chi connectivity index (χ2n) is 5.47. The maximum atomic E-state index is 13.2. The first-order chi connectivity index (χ1) is 8.77. The summed E-state index contributed by atoms with van der Waals surface area (Å²) in [7, 11) is 0. The first-order valence-electron chi connectivity index (χ1n) is 6.34. The Kier molecular flexibility index (Phi) is 3.64. The van der Waals surface area contributed by atoms with E-state index in [0.29, 0.717) is 5.69 Å². The molecule has 1 aromatic rings. The van der Waals surface area contributed by atoms with E-state index in [4.69, 9.17) is 0 Å². The highest BCUT2D eigenvalue weighted by atomic mass is 32.1. The summed E-state index contributed by atoms with van der Waals surface area (Å²) in [5, 5.41) is 12.0. The molecule has 106 valence electrons. The highest BCUT2D eigenvalue weighted by Gasteiger charge is 2.50. The van der Waals surface area contributed by atoms with Crippen molar-refractivity contribution >= 4 is 17.3 Å². The smallest absolute Gasteiger partial charge is 0.315 e. The molecule has 0 atom stereocenters. The molecule has 2 rings (SSSR count). The summed E-state index contributed by atoms with van der Waals surface area (Å²) in [4.78, 5) is 16.0. The number of rotatable bonds is 3. The average molecular weight is 289 g/mol. The summed E-state index contributed by atoms with van der Waals surface area (Å²) in [6.45, 7) is 3.95. The van der Waals surface area contributed by atoms with Crippen LogP contribution >= 0.6 is 11.3 Å². The van der Waals surface area contributed by atoms with E-state index in [1.54, 1.807) is 5.38 Å². The van der Waals surface area contributed by atoms with Gasteiger partial charge in [0.15, 0.2) is 0 Å². The maximum Gasteiger partial charge on any atom is 0.315 e. The third-order valence-electron chi connectivity index (χ3n) is 3.75. The van der Waals surface area contributed by atoms with Gasteiger partial charge in [-0.15, -0.1) is 11.3 Å². The Bertz CT molecular complexity index is 475. The van der Waals surface area contributed by atoms with Crippen molar-refractivity contribution in [2.24, 2.45) is 0 Å². The highest BCUT2D eigenvalue weighted by molar-refractivity contribution is 7.09. The number of aliphatic carboxylic acids is 1. The quantitative estimate of drug-likeness (QED) is 0.920. The highest BCUT2D eigenvalue weighted by Crippen LogP contribution is 2.46. The molecule has 0 spiro atoms. The molecule has 0 saturated heterocycles. The standard InChI is InChI=1S/C13H17F2NO2S/c1-8(2)10-16-9(7-19-10)12(11(17)18)3-5-13(14,15)6-4-12/h7-8H,3-6H2,1-2H3,(H,17,18). The lowest BCUT2D eigenvalue weighted by molar-refractivity contribution is -0.149. The maximum absolute atomic E-state index is 13.2. The van der Waals surface area contributed by atoms with Crippen LogP contribution in [-0.4, -0.2) is 22.0 Å². The average Bonchev–Trinajstić information content (AvgIpc) is 2.79. The molecule has 3 nitrogen and oxygen atoms in total. The predicted octanol–water partition coefficient (Wildman–Crippen LogP) is 3.80. The molecule has 1 aliphatic rings. The number of carbonyl (C=O) groups is 1. The number of hydrogen-bond acceptors (Lipinski definition) is 3. The van der Waals surface area contributed by atoms with Gasteiger partial charge < -0.3 is 5.11 Å². The van der Waals surface area contributed by atoms with Gasteiger partial charge in [0.25, 0.3) is 0 Å². The van der Waals surface area contributed by atoms with Crippen molar-refractivity contribution in [3.63, 3.8) is 0 Å². The minimum Gasteiger partial charge on any atom is -0.481 e. The SMILES string of the molecule is CC(C)c1nc(C2(C(=O)O)CCC(F)(F)CC2)cs1. The van der Waals surface area contributed by atoms with E-state index in [-0.39, 0.29) is 31.6 Å². The molecule has 1 saturated carbocycles. The molecule has 0 aliphatic heterocycles. The van der Waals surface area contributed by atoms with Crippen molar-refractivity contribution in [2.45, 2.75) is 56.8 Å². The van der Waals surface area contributed by atoms with Crippen LogP contribution in [0, 0.1) is 0 Å². The predicted molar refractivity (Wildman–Crippen MR) is 68.9 cm³/mol. The van der Waals surface area contributed by atoms with Crippen LogP contribution in [-0.2, 0) is 10.2 Å².